The molecule has 26 aliphatic rings. The van der Waals surface area contributed by atoms with Gasteiger partial charge < -0.3 is 48.8 Å². The molecule has 21 saturated carbocycles. The van der Waals surface area contributed by atoms with Gasteiger partial charge in [0.1, 0.15) is 29.5 Å². The summed E-state index contributed by atoms with van der Waals surface area (Å²) in [6, 6.07) is 32.2. The van der Waals surface area contributed by atoms with E-state index < -0.39 is 60.2 Å². The number of aliphatic hydroxyl groups is 2. The van der Waals surface area contributed by atoms with Gasteiger partial charge in [-0.3, -0.25) is 38.4 Å². The number of rotatable bonds is 13. The highest BCUT2D eigenvalue weighted by Gasteiger charge is 2.71. The fourth-order valence-electron chi connectivity index (χ4n) is 31.2. The number of hydrogen-bond acceptors (Lipinski definition) is 16. The van der Waals surface area contributed by atoms with E-state index in [1.807, 2.05) is 36.5 Å². The maximum absolute atomic E-state index is 13.2. The number of fused-ring (bicyclic) bond motifs is 10. The van der Waals surface area contributed by atoms with E-state index in [0.29, 0.717) is 47.3 Å². The zero-order valence-electron chi connectivity index (χ0n) is 72.1. The van der Waals surface area contributed by atoms with Gasteiger partial charge in [-0.1, -0.05) is 91.1 Å². The molecule has 662 valence electrons. The minimum Gasteiger partial charge on any atom is -0.481 e. The Kier molecular flexibility index (Phi) is 22.8. The Balaban J connectivity index is 0.0000000971. The number of carbonyl (C=O) groups is 8. The number of halogens is 2. The van der Waals surface area contributed by atoms with Crippen LogP contribution in [0, 0.1) is 189 Å². The molecule has 3 aromatic carbocycles. The van der Waals surface area contributed by atoms with Crippen molar-refractivity contribution in [2.75, 3.05) is 13.7 Å². The number of methoxy groups -OCH3 is 1. The van der Waals surface area contributed by atoms with Gasteiger partial charge in [-0.15, -0.1) is 0 Å². The summed E-state index contributed by atoms with van der Waals surface area (Å²) in [5, 5.41) is 39.9. The van der Waals surface area contributed by atoms with E-state index in [-0.39, 0.29) is 140 Å². The van der Waals surface area contributed by atoms with Crippen molar-refractivity contribution < 1.29 is 96.0 Å². The van der Waals surface area contributed by atoms with Crippen molar-refractivity contribution in [3.63, 3.8) is 0 Å². The molecule has 4 N–H and O–H groups in total. The number of hydrogen-bond donors (Lipinski definition) is 4. The summed E-state index contributed by atoms with van der Waals surface area (Å²) < 4.78 is 55.9. The van der Waals surface area contributed by atoms with Gasteiger partial charge in [0.15, 0.2) is 14.7 Å². The average molecular weight is 1710 g/mol. The first-order valence-electron chi connectivity index (χ1n) is 47.1. The monoisotopic (exact) mass is 1710 g/mol. The van der Waals surface area contributed by atoms with Crippen molar-refractivity contribution in [2.45, 2.75) is 244 Å². The van der Waals surface area contributed by atoms with Crippen LogP contribution in [0.1, 0.15) is 189 Å². The van der Waals surface area contributed by atoms with Gasteiger partial charge in [0, 0.05) is 25.9 Å². The van der Waals surface area contributed by atoms with Gasteiger partial charge in [-0.2, -0.15) is 0 Å². The van der Waals surface area contributed by atoms with Crippen molar-refractivity contribution >= 4 is 58.6 Å². The van der Waals surface area contributed by atoms with Crippen LogP contribution >= 0.6 is 0 Å². The predicted octanol–water partition coefficient (Wildman–Crippen LogP) is 17.2. The van der Waals surface area contributed by atoms with Gasteiger partial charge in [-0.05, 0) is 348 Å². The molecule has 3 aromatic rings. The summed E-state index contributed by atoms with van der Waals surface area (Å²) in [5.41, 5.74) is -1.40. The van der Waals surface area contributed by atoms with Crippen LogP contribution in [0.15, 0.2) is 142 Å². The second kappa shape index (κ2) is 32.9. The Bertz CT molecular complexity index is 4250. The Labute approximate surface area is 725 Å². The molecule has 24 aliphatic carbocycles. The third-order valence-corrected chi connectivity index (χ3v) is 38.7. The second-order valence-corrected chi connectivity index (χ2v) is 45.5. The summed E-state index contributed by atoms with van der Waals surface area (Å²) in [4.78, 5) is 101. The van der Waals surface area contributed by atoms with Crippen LogP contribution in [0.3, 0.4) is 0 Å². The Hall–Kier alpha value is -7.07. The Morgan fingerprint density at radius 2 is 0.691 bits per heavy atom. The SMILES string of the molecule is CC1(O)C2CC3CC(C2)CC1C3.CC1(OC(=O)C2C3C=CC(C3)C2C(=O)O)C2CC3CC(C2)CC1C3.CC1(OC(=O)C2C3C=CC(C3)C2C(=O)O)C2CC3CC(C2)CC1C3.CC1(OC(=O)C2C3CC4C(OC(=O)C42)C3O)C2CC3CC(C2)CC1C3.COCC(C)(F)F.O=C1OC(=O)C2C3C=CC(C3)C12.c1ccc([S+](c2ccccc2)c2ccccc2)cc1. The molecule has 23 fully saturated rings. The van der Waals surface area contributed by atoms with E-state index in [2.05, 4.69) is 128 Å². The predicted molar refractivity (Wildman–Crippen MR) is 450 cm³/mol. The molecule has 24 bridgehead atoms. The quantitative estimate of drug-likeness (QED) is 0.0407. The zero-order chi connectivity index (χ0) is 85.8. The molecule has 123 heavy (non-hydrogen) atoms. The maximum atomic E-state index is 13.2. The zero-order valence-corrected chi connectivity index (χ0v) is 72.9. The highest BCUT2D eigenvalue weighted by molar-refractivity contribution is 7.97. The standard InChI is InChI=1S/C20H26O5.2C20H26O4.C18H15S.C11H18O.C9H8O3.C4H8F2O/c1-20(10-3-8-2-9(5-10)6-11(20)4-8)25-19(23)14-12-7-13-15(14)18(22)24-17(13)16(12)21;2*1-20(14-5-10-4-11(7-14)8-15(20)6-10)24-19(23)17-13-3-2-12(9-13)16(17)18(21)22;1-4-10-16(11-5-1)19(17-12-6-2-7-13-17)18-14-8-3-9-15-18;1-11(12)9-3-7-2-8(5-9)6-10(11)4-7;10-8-6-4-1-2-5(3-4)7(6)9(11)12-8;1-4(5,6)3-7-2/h8-17,21H,2-7H2,1H3;2*2-3,10-17H,4-9H2,1H3,(H,21,22);1-15H;7-10,12H,2-6H2,1H3;1-2,4-7H,3H2;3H2,1-2H3/q;;;+1;;;. The van der Waals surface area contributed by atoms with E-state index in [4.69, 9.17) is 18.9 Å². The molecule has 2 heterocycles. The fourth-order valence-corrected chi connectivity index (χ4v) is 33.3. The number of cyclic esters (lactones) is 2. The van der Waals surface area contributed by atoms with Crippen LogP contribution in [-0.4, -0.2) is 122 Å². The number of carboxylic acid groups (broad SMARTS) is 2. The first kappa shape index (κ1) is 85.4. The van der Waals surface area contributed by atoms with Crippen molar-refractivity contribution in [1.29, 1.82) is 0 Å². The maximum Gasteiger partial charge on any atom is 0.318 e. The van der Waals surface area contributed by atoms with Gasteiger partial charge in [0.25, 0.3) is 5.92 Å². The van der Waals surface area contributed by atoms with E-state index in [0.717, 1.165) is 80.0 Å². The molecule has 21 heteroatoms. The summed E-state index contributed by atoms with van der Waals surface area (Å²) in [6.45, 7) is 8.81. The molecule has 0 radical (unpaired) electrons. The molecule has 0 spiro atoms. The smallest absolute Gasteiger partial charge is 0.318 e. The molecule has 0 amide bonds. The fraction of sp³-hybridized carbons (Fsp3) is 0.686. The van der Waals surface area contributed by atoms with Crippen molar-refractivity contribution in [3.8, 4) is 0 Å². The molecule has 18 unspecified atom stereocenters. The van der Waals surface area contributed by atoms with Gasteiger partial charge >= 0.3 is 47.8 Å². The number of carboxylic acids is 2. The summed E-state index contributed by atoms with van der Waals surface area (Å²) >= 11 is 0. The number of alkyl halides is 2. The first-order chi connectivity index (χ1) is 58.8. The summed E-state index contributed by atoms with van der Waals surface area (Å²) in [7, 11) is 1.23. The second-order valence-electron chi connectivity index (χ2n) is 43.4. The number of carbonyl (C=O) groups excluding carboxylic acids is 6. The lowest BCUT2D eigenvalue weighted by atomic mass is 9.50. The molecule has 18 nitrogen and oxygen atoms in total. The molecule has 2 saturated heterocycles. The van der Waals surface area contributed by atoms with Crippen LogP contribution in [0.2, 0.25) is 0 Å². The number of aliphatic hydroxyl groups excluding tert-OH is 1. The van der Waals surface area contributed by atoms with Gasteiger partial charge in [0.2, 0.25) is 0 Å². The van der Waals surface area contributed by atoms with E-state index in [1.54, 1.807) is 0 Å². The highest BCUT2D eigenvalue weighted by atomic mass is 32.2. The lowest BCUT2D eigenvalue weighted by molar-refractivity contribution is -0.210. The first-order valence-corrected chi connectivity index (χ1v) is 48.3. The normalized spacial score (nSPS) is 46.3. The molecular formula is C102H127F2O18S+. The third kappa shape index (κ3) is 15.6. The van der Waals surface area contributed by atoms with E-state index in [1.165, 1.54) is 150 Å². The minimum absolute atomic E-state index is 0.0105. The van der Waals surface area contributed by atoms with E-state index >= 15 is 0 Å². The summed E-state index contributed by atoms with van der Waals surface area (Å²) in [6.07, 6.45) is 39.4. The third-order valence-electron chi connectivity index (χ3n) is 36.5. The Morgan fingerprint density at radius 3 is 0.992 bits per heavy atom. The van der Waals surface area contributed by atoms with Crippen molar-refractivity contribution in [3.05, 3.63) is 127 Å². The number of benzene rings is 3. The highest BCUT2D eigenvalue weighted by Crippen LogP contribution is 2.66. The number of ether oxygens (including phenoxy) is 6. The topological polar surface area (TPSA) is 273 Å². The molecular weight excluding hydrogens is 1580 g/mol. The number of esters is 6. The number of allylic oxidation sites excluding steroid dienone is 6. The molecule has 29 rings (SSSR count). The molecule has 0 aromatic heterocycles. The van der Waals surface area contributed by atoms with Crippen LogP contribution in [0.5, 0.6) is 0 Å². The summed E-state index contributed by atoms with van der Waals surface area (Å²) in [5.74, 6) is 2.32. The lowest BCUT2D eigenvalue weighted by Crippen LogP contribution is -2.59. The lowest BCUT2D eigenvalue weighted by Gasteiger charge is -2.59. The van der Waals surface area contributed by atoms with Crippen LogP contribution in [0.25, 0.3) is 0 Å². The van der Waals surface area contributed by atoms with Crippen LogP contribution in [0.4, 0.5) is 8.78 Å². The molecule has 2 aliphatic heterocycles. The van der Waals surface area contributed by atoms with Crippen LogP contribution < -0.4 is 0 Å². The van der Waals surface area contributed by atoms with Crippen molar-refractivity contribution in [1.82, 2.24) is 0 Å². The van der Waals surface area contributed by atoms with E-state index in [9.17, 15) is 67.6 Å². The van der Waals surface area contributed by atoms with Crippen LogP contribution in [-0.2, 0) is 77.7 Å². The Morgan fingerprint density at radius 1 is 0.398 bits per heavy atom. The largest absolute Gasteiger partial charge is 0.481 e. The van der Waals surface area contributed by atoms with Gasteiger partial charge in [-0.25, -0.2) is 8.78 Å². The van der Waals surface area contributed by atoms with Crippen molar-refractivity contribution in [2.24, 2.45) is 189 Å². The van der Waals surface area contributed by atoms with Gasteiger partial charge in [0.05, 0.1) is 69.9 Å². The average Bonchev–Trinajstić information content (AvgIpc) is 1.55. The number of aliphatic carboxylic acids is 2. The minimum atomic E-state index is -2.67. The molecule has 18 atom stereocenters.